The molecule has 0 aliphatic carbocycles. The summed E-state index contributed by atoms with van der Waals surface area (Å²) >= 11 is 5.68. The van der Waals surface area contributed by atoms with Crippen LogP contribution in [0.25, 0.3) is 0 Å². The second-order valence-electron chi connectivity index (χ2n) is 6.45. The predicted molar refractivity (Wildman–Crippen MR) is 106 cm³/mol. The fourth-order valence-corrected chi connectivity index (χ4v) is 3.86. The van der Waals surface area contributed by atoms with Crippen LogP contribution in [-0.2, 0) is 17.8 Å². The van der Waals surface area contributed by atoms with E-state index in [1.54, 1.807) is 13.4 Å². The second-order valence-corrected chi connectivity index (χ2v) is 6.84. The molecule has 0 aromatic carbocycles. The molecule has 140 valence electrons. The van der Waals surface area contributed by atoms with Gasteiger partial charge in [-0.05, 0) is 48.6 Å². The van der Waals surface area contributed by atoms with Crippen molar-refractivity contribution in [2.24, 2.45) is 0 Å². The SMILES string of the molecule is COCCn1cccc1C1C(c2ccccn2)NC(=S)N1Cc1ccco1. The van der Waals surface area contributed by atoms with Crippen LogP contribution in [0.2, 0.25) is 0 Å². The van der Waals surface area contributed by atoms with Crippen LogP contribution < -0.4 is 5.32 Å². The summed E-state index contributed by atoms with van der Waals surface area (Å²) in [4.78, 5) is 6.75. The Kier molecular flexibility index (Phi) is 5.22. The van der Waals surface area contributed by atoms with E-state index in [0.717, 1.165) is 18.0 Å². The Morgan fingerprint density at radius 1 is 1.22 bits per heavy atom. The van der Waals surface area contributed by atoms with Gasteiger partial charge in [-0.2, -0.15) is 0 Å². The van der Waals surface area contributed by atoms with Crippen molar-refractivity contribution in [2.45, 2.75) is 25.2 Å². The Hall–Kier alpha value is -2.64. The summed E-state index contributed by atoms with van der Waals surface area (Å²) in [6.45, 7) is 2.03. The first-order valence-corrected chi connectivity index (χ1v) is 9.33. The molecular weight excluding hydrogens is 360 g/mol. The maximum atomic E-state index is 5.68. The topological polar surface area (TPSA) is 55.5 Å². The molecule has 0 saturated carbocycles. The van der Waals surface area contributed by atoms with Crippen molar-refractivity contribution >= 4 is 17.3 Å². The third kappa shape index (κ3) is 3.61. The summed E-state index contributed by atoms with van der Waals surface area (Å²) in [7, 11) is 1.72. The van der Waals surface area contributed by atoms with Crippen molar-refractivity contribution in [2.75, 3.05) is 13.7 Å². The molecule has 3 aromatic rings. The van der Waals surface area contributed by atoms with E-state index in [4.69, 9.17) is 21.4 Å². The lowest BCUT2D eigenvalue weighted by Gasteiger charge is -2.28. The maximum Gasteiger partial charge on any atom is 0.170 e. The normalized spacial score (nSPS) is 19.4. The third-order valence-electron chi connectivity index (χ3n) is 4.81. The van der Waals surface area contributed by atoms with E-state index >= 15 is 0 Å². The van der Waals surface area contributed by atoms with E-state index < -0.39 is 0 Å². The van der Waals surface area contributed by atoms with Crippen molar-refractivity contribution in [3.63, 3.8) is 0 Å². The Balaban J connectivity index is 1.72. The van der Waals surface area contributed by atoms with E-state index in [9.17, 15) is 0 Å². The van der Waals surface area contributed by atoms with Crippen LogP contribution in [0, 0.1) is 0 Å². The molecule has 1 aliphatic rings. The molecule has 0 bridgehead atoms. The number of rotatable bonds is 7. The molecule has 7 heteroatoms. The molecule has 0 spiro atoms. The van der Waals surface area contributed by atoms with Crippen molar-refractivity contribution in [3.05, 3.63) is 78.3 Å². The lowest BCUT2D eigenvalue weighted by Crippen LogP contribution is -2.30. The van der Waals surface area contributed by atoms with Gasteiger partial charge in [-0.1, -0.05) is 6.07 Å². The number of furan rings is 1. The number of hydrogen-bond donors (Lipinski definition) is 1. The molecule has 1 aliphatic heterocycles. The number of methoxy groups -OCH3 is 1. The highest BCUT2D eigenvalue weighted by molar-refractivity contribution is 7.80. The predicted octanol–water partition coefficient (Wildman–Crippen LogP) is 3.30. The van der Waals surface area contributed by atoms with Gasteiger partial charge in [-0.15, -0.1) is 0 Å². The average Bonchev–Trinajstić information content (AvgIpc) is 3.42. The molecular formula is C20H22N4O2S. The minimum atomic E-state index is -0.0372. The zero-order valence-electron chi connectivity index (χ0n) is 15.1. The molecule has 1 N–H and O–H groups in total. The van der Waals surface area contributed by atoms with Gasteiger partial charge in [-0.3, -0.25) is 4.98 Å². The number of ether oxygens (including phenoxy) is 1. The molecule has 4 heterocycles. The molecule has 3 aromatic heterocycles. The minimum absolute atomic E-state index is 0.00403. The fourth-order valence-electron chi connectivity index (χ4n) is 3.56. The summed E-state index contributed by atoms with van der Waals surface area (Å²) in [6.07, 6.45) is 5.58. The van der Waals surface area contributed by atoms with Gasteiger partial charge < -0.3 is 23.9 Å². The number of aromatic nitrogens is 2. The highest BCUT2D eigenvalue weighted by atomic mass is 32.1. The second kappa shape index (κ2) is 7.94. The van der Waals surface area contributed by atoms with Gasteiger partial charge in [-0.25, -0.2) is 0 Å². The summed E-state index contributed by atoms with van der Waals surface area (Å²) in [5.74, 6) is 0.876. The Morgan fingerprint density at radius 3 is 2.89 bits per heavy atom. The molecule has 1 saturated heterocycles. The zero-order valence-corrected chi connectivity index (χ0v) is 15.9. The van der Waals surface area contributed by atoms with E-state index in [1.165, 1.54) is 5.69 Å². The van der Waals surface area contributed by atoms with Crippen LogP contribution in [0.15, 0.2) is 65.5 Å². The van der Waals surface area contributed by atoms with Gasteiger partial charge in [0.15, 0.2) is 5.11 Å². The largest absolute Gasteiger partial charge is 0.467 e. The van der Waals surface area contributed by atoms with Gasteiger partial charge in [0, 0.05) is 31.7 Å². The number of thiocarbonyl (C=S) groups is 1. The molecule has 6 nitrogen and oxygen atoms in total. The van der Waals surface area contributed by atoms with Crippen LogP contribution in [-0.4, -0.2) is 33.3 Å². The van der Waals surface area contributed by atoms with Crippen molar-refractivity contribution in [1.82, 2.24) is 19.8 Å². The smallest absolute Gasteiger partial charge is 0.170 e. The number of nitrogens with zero attached hydrogens (tertiary/aromatic N) is 3. The summed E-state index contributed by atoms with van der Waals surface area (Å²) in [5.41, 5.74) is 2.13. The van der Waals surface area contributed by atoms with Crippen LogP contribution in [0.3, 0.4) is 0 Å². The first kappa shape index (κ1) is 17.8. The first-order valence-electron chi connectivity index (χ1n) is 8.92. The van der Waals surface area contributed by atoms with E-state index in [-0.39, 0.29) is 12.1 Å². The first-order chi connectivity index (χ1) is 13.3. The van der Waals surface area contributed by atoms with Crippen molar-refractivity contribution < 1.29 is 9.15 Å². The van der Waals surface area contributed by atoms with E-state index in [1.807, 2.05) is 36.5 Å². The van der Waals surface area contributed by atoms with Gasteiger partial charge in [0.2, 0.25) is 0 Å². The van der Waals surface area contributed by atoms with Crippen LogP contribution in [0.4, 0.5) is 0 Å². The third-order valence-corrected chi connectivity index (χ3v) is 5.16. The molecule has 2 atom stereocenters. The van der Waals surface area contributed by atoms with Crippen molar-refractivity contribution in [3.8, 4) is 0 Å². The Labute approximate surface area is 163 Å². The fraction of sp³-hybridized carbons (Fsp3) is 0.300. The molecule has 27 heavy (non-hydrogen) atoms. The molecule has 0 radical (unpaired) electrons. The lowest BCUT2D eigenvalue weighted by molar-refractivity contribution is 0.183. The highest BCUT2D eigenvalue weighted by Gasteiger charge is 2.41. The zero-order chi connectivity index (χ0) is 18.6. The Bertz CT molecular complexity index is 879. The van der Waals surface area contributed by atoms with Crippen LogP contribution in [0.1, 0.15) is 29.2 Å². The average molecular weight is 382 g/mol. The lowest BCUT2D eigenvalue weighted by atomic mass is 10.0. The summed E-state index contributed by atoms with van der Waals surface area (Å²) < 4.78 is 13.1. The molecule has 2 unspecified atom stereocenters. The summed E-state index contributed by atoms with van der Waals surface area (Å²) in [6, 6.07) is 14.0. The standard InChI is InChI=1S/C20H22N4O2S/c1-25-13-11-23-10-4-8-17(23)19-18(16-7-2-3-9-21-16)22-20(27)24(19)14-15-6-5-12-26-15/h2-10,12,18-19H,11,13-14H2,1H3,(H,22,27). The maximum absolute atomic E-state index is 5.68. The van der Waals surface area contributed by atoms with Gasteiger partial charge in [0.25, 0.3) is 0 Å². The monoisotopic (exact) mass is 382 g/mol. The Morgan fingerprint density at radius 2 is 2.15 bits per heavy atom. The molecule has 0 amide bonds. The van der Waals surface area contributed by atoms with Gasteiger partial charge >= 0.3 is 0 Å². The van der Waals surface area contributed by atoms with Gasteiger partial charge in [0.1, 0.15) is 5.76 Å². The van der Waals surface area contributed by atoms with Crippen LogP contribution >= 0.6 is 12.2 Å². The number of hydrogen-bond acceptors (Lipinski definition) is 4. The van der Waals surface area contributed by atoms with E-state index in [0.29, 0.717) is 18.3 Å². The number of nitrogens with one attached hydrogen (secondary N) is 1. The highest BCUT2D eigenvalue weighted by Crippen LogP contribution is 2.39. The van der Waals surface area contributed by atoms with Gasteiger partial charge in [0.05, 0.1) is 37.2 Å². The van der Waals surface area contributed by atoms with Crippen LogP contribution in [0.5, 0.6) is 0 Å². The molecule has 1 fully saturated rings. The molecule has 4 rings (SSSR count). The van der Waals surface area contributed by atoms with Crippen molar-refractivity contribution in [1.29, 1.82) is 0 Å². The summed E-state index contributed by atoms with van der Waals surface area (Å²) in [5, 5.41) is 4.16. The van der Waals surface area contributed by atoms with E-state index in [2.05, 4.69) is 38.1 Å². The minimum Gasteiger partial charge on any atom is -0.467 e. The quantitative estimate of drug-likeness (QED) is 0.633. The number of pyridine rings is 1.